The molecule has 2 heterocycles. The molecule has 0 fully saturated rings. The Bertz CT molecular complexity index is 574. The Balaban J connectivity index is 2.65. The average Bonchev–Trinajstić information content (AvgIpc) is 2.67. The summed E-state index contributed by atoms with van der Waals surface area (Å²) < 4.78 is 1.41. The molecule has 0 aliphatic heterocycles. The third-order valence-electron chi connectivity index (χ3n) is 2.07. The van der Waals surface area contributed by atoms with E-state index in [1.807, 2.05) is 13.8 Å². The predicted molar refractivity (Wildman–Crippen MR) is 62.2 cm³/mol. The van der Waals surface area contributed by atoms with E-state index >= 15 is 0 Å². The maximum absolute atomic E-state index is 12.0. The van der Waals surface area contributed by atoms with Crippen molar-refractivity contribution in [3.63, 3.8) is 0 Å². The van der Waals surface area contributed by atoms with Crippen LogP contribution in [0, 0.1) is 6.92 Å². The Morgan fingerprint density at radius 1 is 1.50 bits per heavy atom. The molecule has 0 saturated carbocycles. The van der Waals surface area contributed by atoms with Crippen LogP contribution in [0.1, 0.15) is 12.6 Å². The average molecular weight is 237 g/mol. The van der Waals surface area contributed by atoms with Gasteiger partial charge in [0.05, 0.1) is 11.3 Å². The van der Waals surface area contributed by atoms with Gasteiger partial charge in [0, 0.05) is 6.54 Å². The highest BCUT2D eigenvalue weighted by molar-refractivity contribution is 7.18. The van der Waals surface area contributed by atoms with Gasteiger partial charge in [0.2, 0.25) is 5.13 Å². The van der Waals surface area contributed by atoms with Crippen LogP contribution in [-0.2, 0) is 6.54 Å². The van der Waals surface area contributed by atoms with Gasteiger partial charge in [-0.15, -0.1) is 10.2 Å². The minimum Gasteiger partial charge on any atom is -0.374 e. The first-order valence-corrected chi connectivity index (χ1v) is 5.61. The smallest absolute Gasteiger partial charge is 0.277 e. The van der Waals surface area contributed by atoms with Crippen molar-refractivity contribution in [3.05, 3.63) is 22.1 Å². The lowest BCUT2D eigenvalue weighted by Gasteiger charge is -2.03. The summed E-state index contributed by atoms with van der Waals surface area (Å²) in [5.74, 6) is 0. The summed E-state index contributed by atoms with van der Waals surface area (Å²) in [6.45, 7) is 4.23. The molecule has 0 unspecified atom stereocenters. The molecule has 2 N–H and O–H groups in total. The predicted octanol–water partition coefficient (Wildman–Crippen LogP) is 0.672. The molecule has 0 bridgehead atoms. The normalized spacial score (nSPS) is 10.6. The van der Waals surface area contributed by atoms with Gasteiger partial charge in [-0.05, 0) is 19.9 Å². The van der Waals surface area contributed by atoms with Gasteiger partial charge < -0.3 is 5.73 Å². The van der Waals surface area contributed by atoms with E-state index in [0.717, 1.165) is 5.69 Å². The standard InChI is InChI=1S/C9H11N5OS/c1-3-14-8(15)6(4-5(2)13-14)7-11-12-9(10)16-7/h4H,3H2,1-2H3,(H2,10,12). The Hall–Kier alpha value is -1.76. The SMILES string of the molecule is CCn1nc(C)cc(-c2nnc(N)s2)c1=O. The monoisotopic (exact) mass is 237 g/mol. The second kappa shape index (κ2) is 4.01. The number of aromatic nitrogens is 4. The summed E-state index contributed by atoms with van der Waals surface area (Å²) in [6.07, 6.45) is 0. The van der Waals surface area contributed by atoms with Crippen molar-refractivity contribution >= 4 is 16.5 Å². The number of anilines is 1. The summed E-state index contributed by atoms with van der Waals surface area (Å²) in [7, 11) is 0. The van der Waals surface area contributed by atoms with Gasteiger partial charge in [-0.1, -0.05) is 11.3 Å². The molecule has 0 atom stereocenters. The van der Waals surface area contributed by atoms with E-state index in [9.17, 15) is 4.79 Å². The number of hydrogen-bond donors (Lipinski definition) is 1. The number of rotatable bonds is 2. The van der Waals surface area contributed by atoms with Crippen LogP contribution in [0.2, 0.25) is 0 Å². The lowest BCUT2D eigenvalue weighted by atomic mass is 10.3. The van der Waals surface area contributed by atoms with E-state index in [-0.39, 0.29) is 5.56 Å². The fourth-order valence-electron chi connectivity index (χ4n) is 1.39. The van der Waals surface area contributed by atoms with Gasteiger partial charge in [-0.2, -0.15) is 5.10 Å². The molecular formula is C9H11N5OS. The fraction of sp³-hybridized carbons (Fsp3) is 0.333. The van der Waals surface area contributed by atoms with Gasteiger partial charge in [-0.3, -0.25) is 4.79 Å². The highest BCUT2D eigenvalue weighted by Crippen LogP contribution is 2.21. The third-order valence-corrected chi connectivity index (χ3v) is 2.85. The van der Waals surface area contributed by atoms with Crippen molar-refractivity contribution in [1.82, 2.24) is 20.0 Å². The quantitative estimate of drug-likeness (QED) is 0.829. The third kappa shape index (κ3) is 1.81. The first-order valence-electron chi connectivity index (χ1n) is 4.80. The molecule has 84 valence electrons. The van der Waals surface area contributed by atoms with E-state index in [2.05, 4.69) is 15.3 Å². The van der Waals surface area contributed by atoms with Gasteiger partial charge in [0.15, 0.2) is 5.01 Å². The van der Waals surface area contributed by atoms with Crippen molar-refractivity contribution in [2.45, 2.75) is 20.4 Å². The molecule has 7 heteroatoms. The molecule has 0 saturated heterocycles. The zero-order valence-corrected chi connectivity index (χ0v) is 9.78. The van der Waals surface area contributed by atoms with Crippen LogP contribution < -0.4 is 11.3 Å². The highest BCUT2D eigenvalue weighted by atomic mass is 32.1. The number of aryl methyl sites for hydroxylation is 2. The largest absolute Gasteiger partial charge is 0.374 e. The molecule has 0 aliphatic carbocycles. The molecule has 2 rings (SSSR count). The van der Waals surface area contributed by atoms with Crippen LogP contribution in [0.25, 0.3) is 10.6 Å². The number of nitrogens with zero attached hydrogens (tertiary/aromatic N) is 4. The summed E-state index contributed by atoms with van der Waals surface area (Å²) in [6, 6.07) is 1.70. The summed E-state index contributed by atoms with van der Waals surface area (Å²) in [4.78, 5) is 12.0. The van der Waals surface area contributed by atoms with Crippen LogP contribution >= 0.6 is 11.3 Å². The van der Waals surface area contributed by atoms with Crippen LogP contribution in [0.15, 0.2) is 10.9 Å². The van der Waals surface area contributed by atoms with E-state index < -0.39 is 0 Å². The number of nitrogens with two attached hydrogens (primary N) is 1. The molecule has 0 spiro atoms. The zero-order valence-electron chi connectivity index (χ0n) is 8.97. The van der Waals surface area contributed by atoms with Crippen molar-refractivity contribution in [2.75, 3.05) is 5.73 Å². The molecule has 0 amide bonds. The maximum Gasteiger partial charge on any atom is 0.277 e. The molecule has 2 aromatic rings. The van der Waals surface area contributed by atoms with E-state index in [0.29, 0.717) is 22.2 Å². The second-order valence-corrected chi connectivity index (χ2v) is 4.27. The Morgan fingerprint density at radius 2 is 2.25 bits per heavy atom. The minimum atomic E-state index is -0.163. The van der Waals surface area contributed by atoms with Crippen LogP contribution in [0.3, 0.4) is 0 Å². The molecule has 16 heavy (non-hydrogen) atoms. The van der Waals surface area contributed by atoms with Crippen LogP contribution in [0.4, 0.5) is 5.13 Å². The summed E-state index contributed by atoms with van der Waals surface area (Å²) in [5, 5.41) is 12.6. The molecule has 2 aromatic heterocycles. The Morgan fingerprint density at radius 3 is 2.81 bits per heavy atom. The molecule has 6 nitrogen and oxygen atoms in total. The molecular weight excluding hydrogens is 226 g/mol. The van der Waals surface area contributed by atoms with Crippen molar-refractivity contribution in [2.24, 2.45) is 0 Å². The van der Waals surface area contributed by atoms with E-state index in [4.69, 9.17) is 5.73 Å². The summed E-state index contributed by atoms with van der Waals surface area (Å²) in [5.41, 5.74) is 6.60. The maximum atomic E-state index is 12.0. The lowest BCUT2D eigenvalue weighted by Crippen LogP contribution is -2.24. The van der Waals surface area contributed by atoms with E-state index in [1.54, 1.807) is 6.07 Å². The first-order chi connectivity index (χ1) is 7.61. The van der Waals surface area contributed by atoms with Gasteiger partial charge >= 0.3 is 0 Å². The zero-order chi connectivity index (χ0) is 11.7. The van der Waals surface area contributed by atoms with Gasteiger partial charge in [0.25, 0.3) is 5.56 Å². The Labute approximate surface area is 95.8 Å². The fourth-order valence-corrected chi connectivity index (χ4v) is 2.00. The second-order valence-electron chi connectivity index (χ2n) is 3.27. The van der Waals surface area contributed by atoms with Gasteiger partial charge in [-0.25, -0.2) is 4.68 Å². The number of nitrogen functional groups attached to an aromatic ring is 1. The van der Waals surface area contributed by atoms with E-state index in [1.165, 1.54) is 16.0 Å². The van der Waals surface area contributed by atoms with Gasteiger partial charge in [0.1, 0.15) is 0 Å². The number of hydrogen-bond acceptors (Lipinski definition) is 6. The first kappa shape index (κ1) is 10.7. The molecule has 0 radical (unpaired) electrons. The lowest BCUT2D eigenvalue weighted by molar-refractivity contribution is 0.607. The molecule has 0 aromatic carbocycles. The van der Waals surface area contributed by atoms with Crippen molar-refractivity contribution in [1.29, 1.82) is 0 Å². The highest BCUT2D eigenvalue weighted by Gasteiger charge is 2.12. The van der Waals surface area contributed by atoms with Crippen molar-refractivity contribution in [3.8, 4) is 10.6 Å². The topological polar surface area (TPSA) is 86.7 Å². The summed E-state index contributed by atoms with van der Waals surface area (Å²) >= 11 is 1.20. The molecule has 0 aliphatic rings. The Kier molecular flexibility index (Phi) is 2.69. The minimum absolute atomic E-state index is 0.163. The van der Waals surface area contributed by atoms with Crippen molar-refractivity contribution < 1.29 is 0 Å². The van der Waals surface area contributed by atoms with Crippen LogP contribution in [-0.4, -0.2) is 20.0 Å². The van der Waals surface area contributed by atoms with Crippen LogP contribution in [0.5, 0.6) is 0 Å².